The Bertz CT molecular complexity index is 699. The maximum absolute atomic E-state index is 12.2. The molecule has 0 fully saturated rings. The lowest BCUT2D eigenvalue weighted by atomic mass is 10.1. The van der Waals surface area contributed by atoms with Crippen LogP contribution in [0, 0.1) is 0 Å². The van der Waals surface area contributed by atoms with Crippen LogP contribution in [0.5, 0.6) is 11.5 Å². The van der Waals surface area contributed by atoms with Gasteiger partial charge in [-0.15, -0.1) is 0 Å². The Morgan fingerprint density at radius 2 is 1.80 bits per heavy atom. The van der Waals surface area contributed by atoms with E-state index in [9.17, 15) is 4.79 Å². The SMILES string of the molecule is CCOc1cc(NC(=O)NC(C)c2ccc(CC)cc2)ccc1OC. The lowest BCUT2D eigenvalue weighted by Gasteiger charge is -2.16. The van der Waals surface area contributed by atoms with E-state index in [0.717, 1.165) is 12.0 Å². The Morgan fingerprint density at radius 1 is 1.08 bits per heavy atom. The number of carbonyl (C=O) groups is 1. The average Bonchev–Trinajstić information content (AvgIpc) is 2.62. The summed E-state index contributed by atoms with van der Waals surface area (Å²) >= 11 is 0. The molecule has 1 unspecified atom stereocenters. The van der Waals surface area contributed by atoms with Gasteiger partial charge >= 0.3 is 6.03 Å². The number of carbonyl (C=O) groups excluding carboxylic acids is 1. The minimum Gasteiger partial charge on any atom is -0.493 e. The number of hydrogen-bond donors (Lipinski definition) is 2. The number of aryl methyl sites for hydroxylation is 1. The molecule has 2 amide bonds. The summed E-state index contributed by atoms with van der Waals surface area (Å²) in [5.41, 5.74) is 2.99. The van der Waals surface area contributed by atoms with Crippen molar-refractivity contribution in [2.75, 3.05) is 19.0 Å². The fraction of sp³-hybridized carbons (Fsp3) is 0.350. The van der Waals surface area contributed by atoms with Crippen LogP contribution in [0.1, 0.15) is 37.9 Å². The van der Waals surface area contributed by atoms with Crippen LogP contribution in [-0.4, -0.2) is 19.7 Å². The van der Waals surface area contributed by atoms with Gasteiger partial charge in [-0.05, 0) is 43.5 Å². The summed E-state index contributed by atoms with van der Waals surface area (Å²) in [7, 11) is 1.59. The standard InChI is InChI=1S/C20H26N2O3/c1-5-15-7-9-16(10-8-15)14(3)21-20(23)22-17-11-12-18(24-4)19(13-17)25-6-2/h7-14H,5-6H2,1-4H3,(H2,21,22,23). The van der Waals surface area contributed by atoms with Crippen molar-refractivity contribution in [3.63, 3.8) is 0 Å². The Kier molecular flexibility index (Phi) is 6.69. The van der Waals surface area contributed by atoms with Gasteiger partial charge in [0.2, 0.25) is 0 Å². The molecule has 0 aliphatic heterocycles. The summed E-state index contributed by atoms with van der Waals surface area (Å²) in [5.74, 6) is 1.24. The number of methoxy groups -OCH3 is 1. The fourth-order valence-corrected chi connectivity index (χ4v) is 2.51. The van der Waals surface area contributed by atoms with Crippen LogP contribution in [-0.2, 0) is 6.42 Å². The summed E-state index contributed by atoms with van der Waals surface area (Å²) in [4.78, 5) is 12.2. The monoisotopic (exact) mass is 342 g/mol. The van der Waals surface area contributed by atoms with Gasteiger partial charge in [-0.3, -0.25) is 0 Å². The molecule has 2 rings (SSSR count). The summed E-state index contributed by atoms with van der Waals surface area (Å²) in [5, 5.41) is 5.77. The first-order valence-corrected chi connectivity index (χ1v) is 8.54. The lowest BCUT2D eigenvalue weighted by Crippen LogP contribution is -2.31. The third-order valence-electron chi connectivity index (χ3n) is 3.96. The van der Waals surface area contributed by atoms with Crippen LogP contribution in [0.15, 0.2) is 42.5 Å². The molecular formula is C20H26N2O3. The molecule has 0 radical (unpaired) electrons. The highest BCUT2D eigenvalue weighted by Crippen LogP contribution is 2.30. The number of amides is 2. The maximum atomic E-state index is 12.2. The zero-order valence-electron chi connectivity index (χ0n) is 15.3. The van der Waals surface area contributed by atoms with E-state index in [4.69, 9.17) is 9.47 Å². The largest absolute Gasteiger partial charge is 0.493 e. The van der Waals surface area contributed by atoms with E-state index in [1.165, 1.54) is 5.56 Å². The average molecular weight is 342 g/mol. The van der Waals surface area contributed by atoms with Crippen LogP contribution in [0.25, 0.3) is 0 Å². The number of ether oxygens (including phenoxy) is 2. The lowest BCUT2D eigenvalue weighted by molar-refractivity contribution is 0.249. The van der Waals surface area contributed by atoms with E-state index in [0.29, 0.717) is 23.8 Å². The van der Waals surface area contributed by atoms with Crippen LogP contribution in [0.4, 0.5) is 10.5 Å². The van der Waals surface area contributed by atoms with Gasteiger partial charge in [-0.2, -0.15) is 0 Å². The topological polar surface area (TPSA) is 59.6 Å². The van der Waals surface area contributed by atoms with Gasteiger partial charge < -0.3 is 20.1 Å². The van der Waals surface area contributed by atoms with Crippen molar-refractivity contribution in [2.45, 2.75) is 33.2 Å². The molecule has 5 nitrogen and oxygen atoms in total. The van der Waals surface area contributed by atoms with E-state index in [1.807, 2.05) is 26.0 Å². The number of anilines is 1. The highest BCUT2D eigenvalue weighted by Gasteiger charge is 2.11. The summed E-state index contributed by atoms with van der Waals surface area (Å²) in [6.45, 7) is 6.50. The van der Waals surface area contributed by atoms with Crippen LogP contribution in [0.3, 0.4) is 0 Å². The number of urea groups is 1. The highest BCUT2D eigenvalue weighted by molar-refractivity contribution is 5.89. The Hall–Kier alpha value is -2.69. The van der Waals surface area contributed by atoms with Crippen LogP contribution in [0.2, 0.25) is 0 Å². The number of benzene rings is 2. The predicted octanol–water partition coefficient (Wildman–Crippen LogP) is 4.54. The zero-order chi connectivity index (χ0) is 18.2. The Balaban J connectivity index is 2.00. The molecule has 0 aliphatic carbocycles. The Morgan fingerprint density at radius 3 is 2.40 bits per heavy atom. The van der Waals surface area contributed by atoms with Crippen molar-refractivity contribution < 1.29 is 14.3 Å². The molecule has 0 aliphatic rings. The second-order valence-electron chi connectivity index (χ2n) is 5.71. The van der Waals surface area contributed by atoms with Crippen molar-refractivity contribution in [3.8, 4) is 11.5 Å². The van der Waals surface area contributed by atoms with Crippen molar-refractivity contribution in [1.82, 2.24) is 5.32 Å². The van der Waals surface area contributed by atoms with Gasteiger partial charge in [0.05, 0.1) is 19.8 Å². The molecule has 0 aromatic heterocycles. The molecule has 0 heterocycles. The predicted molar refractivity (Wildman–Crippen MR) is 101 cm³/mol. The number of rotatable bonds is 7. The maximum Gasteiger partial charge on any atom is 0.319 e. The summed E-state index contributed by atoms with van der Waals surface area (Å²) in [6, 6.07) is 13.2. The second-order valence-corrected chi connectivity index (χ2v) is 5.71. The van der Waals surface area contributed by atoms with Crippen molar-refractivity contribution in [3.05, 3.63) is 53.6 Å². The summed E-state index contributed by atoms with van der Waals surface area (Å²) < 4.78 is 10.8. The third kappa shape index (κ3) is 5.14. The molecule has 0 spiro atoms. The van der Waals surface area contributed by atoms with Crippen molar-refractivity contribution in [2.24, 2.45) is 0 Å². The van der Waals surface area contributed by atoms with Gasteiger partial charge in [0.25, 0.3) is 0 Å². The quantitative estimate of drug-likeness (QED) is 0.776. The first-order chi connectivity index (χ1) is 12.1. The highest BCUT2D eigenvalue weighted by atomic mass is 16.5. The molecule has 25 heavy (non-hydrogen) atoms. The third-order valence-corrected chi connectivity index (χ3v) is 3.96. The molecular weight excluding hydrogens is 316 g/mol. The molecule has 2 aromatic rings. The fourth-order valence-electron chi connectivity index (χ4n) is 2.51. The van der Waals surface area contributed by atoms with Gasteiger partial charge in [0.15, 0.2) is 11.5 Å². The zero-order valence-corrected chi connectivity index (χ0v) is 15.3. The van der Waals surface area contributed by atoms with Crippen LogP contribution >= 0.6 is 0 Å². The number of hydrogen-bond acceptors (Lipinski definition) is 3. The van der Waals surface area contributed by atoms with Crippen molar-refractivity contribution in [1.29, 1.82) is 0 Å². The molecule has 5 heteroatoms. The first kappa shape index (κ1) is 18.6. The van der Waals surface area contributed by atoms with E-state index in [2.05, 4.69) is 29.7 Å². The molecule has 1 atom stereocenters. The van der Waals surface area contributed by atoms with Crippen molar-refractivity contribution >= 4 is 11.7 Å². The second kappa shape index (κ2) is 8.97. The summed E-state index contributed by atoms with van der Waals surface area (Å²) in [6.07, 6.45) is 1.00. The Labute approximate surface area is 149 Å². The van der Waals surface area contributed by atoms with Gasteiger partial charge in [-0.25, -0.2) is 4.79 Å². The van der Waals surface area contributed by atoms with Gasteiger partial charge in [-0.1, -0.05) is 31.2 Å². The van der Waals surface area contributed by atoms with E-state index in [1.54, 1.807) is 25.3 Å². The molecule has 134 valence electrons. The molecule has 0 bridgehead atoms. The molecule has 2 N–H and O–H groups in total. The van der Waals surface area contributed by atoms with Gasteiger partial charge in [0.1, 0.15) is 0 Å². The minimum atomic E-state index is -0.264. The van der Waals surface area contributed by atoms with Gasteiger partial charge in [0, 0.05) is 11.8 Å². The normalized spacial score (nSPS) is 11.5. The first-order valence-electron chi connectivity index (χ1n) is 8.54. The van der Waals surface area contributed by atoms with Crippen LogP contribution < -0.4 is 20.1 Å². The minimum absolute atomic E-state index is 0.0875. The molecule has 2 aromatic carbocycles. The van der Waals surface area contributed by atoms with E-state index in [-0.39, 0.29) is 12.1 Å². The van der Waals surface area contributed by atoms with E-state index >= 15 is 0 Å². The van der Waals surface area contributed by atoms with E-state index < -0.39 is 0 Å². The smallest absolute Gasteiger partial charge is 0.319 e. The molecule has 0 saturated heterocycles. The number of nitrogens with one attached hydrogen (secondary N) is 2. The molecule has 0 saturated carbocycles.